The average molecular weight is 274 g/mol. The molecule has 4 heteroatoms. The fourth-order valence-corrected chi connectivity index (χ4v) is 2.12. The van der Waals surface area contributed by atoms with Crippen LogP contribution >= 0.6 is 0 Å². The van der Waals surface area contributed by atoms with Crippen molar-refractivity contribution in [3.05, 3.63) is 53.9 Å². The fraction of sp³-hybridized carbons (Fsp3) is 0.438. The highest BCUT2D eigenvalue weighted by Gasteiger charge is 2.19. The molecule has 0 saturated carbocycles. The van der Waals surface area contributed by atoms with E-state index in [0.29, 0.717) is 12.5 Å². The van der Waals surface area contributed by atoms with E-state index in [-0.39, 0.29) is 0 Å². The number of rotatable bonds is 6. The van der Waals surface area contributed by atoms with Gasteiger partial charge in [0.1, 0.15) is 6.10 Å². The minimum Gasteiger partial charge on any atom is -0.390 e. The van der Waals surface area contributed by atoms with Crippen LogP contribution in [-0.4, -0.2) is 26.1 Å². The van der Waals surface area contributed by atoms with Crippen molar-refractivity contribution in [3.63, 3.8) is 0 Å². The van der Waals surface area contributed by atoms with Crippen molar-refractivity contribution in [1.82, 2.24) is 9.78 Å². The second kappa shape index (κ2) is 6.68. The molecule has 3 atom stereocenters. The van der Waals surface area contributed by atoms with Crippen LogP contribution in [0.15, 0.2) is 42.6 Å². The van der Waals surface area contributed by atoms with Crippen LogP contribution in [0.25, 0.3) is 0 Å². The van der Waals surface area contributed by atoms with Crippen molar-refractivity contribution in [2.75, 3.05) is 0 Å². The molecule has 108 valence electrons. The lowest BCUT2D eigenvalue weighted by atomic mass is 10.0. The number of hydrogen-bond donors (Lipinski definition) is 2. The minimum atomic E-state index is -0.884. The molecule has 1 aromatic carbocycles. The zero-order valence-electron chi connectivity index (χ0n) is 12.0. The van der Waals surface area contributed by atoms with Gasteiger partial charge in [0.05, 0.1) is 11.8 Å². The van der Waals surface area contributed by atoms with Gasteiger partial charge in [0.2, 0.25) is 0 Å². The van der Waals surface area contributed by atoms with E-state index in [0.717, 1.165) is 17.7 Å². The lowest BCUT2D eigenvalue weighted by Crippen LogP contribution is -2.21. The summed E-state index contributed by atoms with van der Waals surface area (Å²) in [6.07, 6.45) is 1.55. The number of aromatic nitrogens is 2. The molecule has 0 radical (unpaired) electrons. The van der Waals surface area contributed by atoms with Gasteiger partial charge in [-0.3, -0.25) is 4.68 Å². The van der Waals surface area contributed by atoms with Gasteiger partial charge in [-0.1, -0.05) is 37.3 Å². The molecule has 2 rings (SSSR count). The first kappa shape index (κ1) is 14.8. The van der Waals surface area contributed by atoms with Crippen LogP contribution in [0.4, 0.5) is 0 Å². The highest BCUT2D eigenvalue weighted by Crippen LogP contribution is 2.19. The van der Waals surface area contributed by atoms with E-state index in [9.17, 15) is 10.2 Å². The molecule has 0 aliphatic carbocycles. The predicted molar refractivity (Wildman–Crippen MR) is 78.3 cm³/mol. The van der Waals surface area contributed by atoms with Crippen molar-refractivity contribution >= 4 is 0 Å². The van der Waals surface area contributed by atoms with Crippen LogP contribution in [0.1, 0.15) is 43.7 Å². The van der Waals surface area contributed by atoms with E-state index >= 15 is 0 Å². The van der Waals surface area contributed by atoms with Gasteiger partial charge in [0.25, 0.3) is 0 Å². The summed E-state index contributed by atoms with van der Waals surface area (Å²) in [6.45, 7) is 4.21. The van der Waals surface area contributed by atoms with E-state index in [1.807, 2.05) is 47.3 Å². The summed E-state index contributed by atoms with van der Waals surface area (Å²) in [5.41, 5.74) is 1.52. The van der Waals surface area contributed by atoms with E-state index < -0.39 is 12.2 Å². The Morgan fingerprint density at radius 1 is 1.15 bits per heavy atom. The lowest BCUT2D eigenvalue weighted by Gasteiger charge is -2.17. The Bertz CT molecular complexity index is 524. The third-order valence-electron chi connectivity index (χ3n) is 3.63. The first-order valence-electron chi connectivity index (χ1n) is 7.07. The Labute approximate surface area is 119 Å². The van der Waals surface area contributed by atoms with E-state index in [2.05, 4.69) is 18.9 Å². The topological polar surface area (TPSA) is 58.3 Å². The summed E-state index contributed by atoms with van der Waals surface area (Å²) in [5.74, 6) is 0. The summed E-state index contributed by atoms with van der Waals surface area (Å²) >= 11 is 0. The number of nitrogens with zero attached hydrogens (tertiary/aromatic N) is 2. The SMILES string of the molecule is CCC(C)n1ccc(CC(O)C(O)c2ccccc2)n1. The highest BCUT2D eigenvalue weighted by atomic mass is 16.3. The van der Waals surface area contributed by atoms with E-state index in [4.69, 9.17) is 0 Å². The predicted octanol–water partition coefficient (Wildman–Crippen LogP) is 2.49. The smallest absolute Gasteiger partial charge is 0.105 e. The fourth-order valence-electron chi connectivity index (χ4n) is 2.12. The molecule has 0 aliphatic heterocycles. The zero-order valence-corrected chi connectivity index (χ0v) is 12.0. The molecule has 4 nitrogen and oxygen atoms in total. The summed E-state index contributed by atoms with van der Waals surface area (Å²) in [6, 6.07) is 11.5. The van der Waals surface area contributed by atoms with Gasteiger partial charge >= 0.3 is 0 Å². The molecular formula is C16H22N2O2. The highest BCUT2D eigenvalue weighted by molar-refractivity contribution is 5.19. The van der Waals surface area contributed by atoms with Gasteiger partial charge in [0, 0.05) is 18.7 Å². The molecule has 3 unspecified atom stereocenters. The van der Waals surface area contributed by atoms with Crippen LogP contribution in [0.5, 0.6) is 0 Å². The third-order valence-corrected chi connectivity index (χ3v) is 3.63. The lowest BCUT2D eigenvalue weighted by molar-refractivity contribution is 0.0183. The Morgan fingerprint density at radius 3 is 2.50 bits per heavy atom. The van der Waals surface area contributed by atoms with E-state index in [1.54, 1.807) is 0 Å². The molecule has 2 N–H and O–H groups in total. The summed E-state index contributed by atoms with van der Waals surface area (Å²) < 4.78 is 1.90. The van der Waals surface area contributed by atoms with Crippen LogP contribution in [0.2, 0.25) is 0 Å². The molecule has 2 aromatic rings. The summed E-state index contributed by atoms with van der Waals surface area (Å²) in [7, 11) is 0. The molecule has 0 fully saturated rings. The quantitative estimate of drug-likeness (QED) is 0.851. The normalized spacial score (nSPS) is 15.8. The number of aliphatic hydroxyl groups is 2. The number of aliphatic hydroxyl groups excluding tert-OH is 2. The zero-order chi connectivity index (χ0) is 14.5. The maximum absolute atomic E-state index is 10.1. The molecule has 1 heterocycles. The van der Waals surface area contributed by atoms with Crippen molar-refractivity contribution < 1.29 is 10.2 Å². The van der Waals surface area contributed by atoms with Gasteiger partial charge in [0.15, 0.2) is 0 Å². The minimum absolute atomic E-state index is 0.347. The van der Waals surface area contributed by atoms with Crippen LogP contribution in [0.3, 0.4) is 0 Å². The second-order valence-corrected chi connectivity index (χ2v) is 5.17. The molecule has 0 spiro atoms. The van der Waals surface area contributed by atoms with Gasteiger partial charge in [-0.2, -0.15) is 5.10 Å². The monoisotopic (exact) mass is 274 g/mol. The Morgan fingerprint density at radius 2 is 1.85 bits per heavy atom. The second-order valence-electron chi connectivity index (χ2n) is 5.17. The molecule has 0 amide bonds. The molecule has 0 saturated heterocycles. The number of hydrogen-bond acceptors (Lipinski definition) is 3. The Balaban J connectivity index is 2.01. The average Bonchev–Trinajstić information content (AvgIpc) is 2.95. The maximum atomic E-state index is 10.1. The first-order valence-corrected chi connectivity index (χ1v) is 7.07. The Kier molecular flexibility index (Phi) is 4.93. The van der Waals surface area contributed by atoms with Crippen molar-refractivity contribution in [2.24, 2.45) is 0 Å². The largest absolute Gasteiger partial charge is 0.390 e. The molecular weight excluding hydrogens is 252 g/mol. The summed E-state index contributed by atoms with van der Waals surface area (Å²) in [4.78, 5) is 0. The van der Waals surface area contributed by atoms with Gasteiger partial charge < -0.3 is 10.2 Å². The van der Waals surface area contributed by atoms with Crippen LogP contribution in [0, 0.1) is 0 Å². The van der Waals surface area contributed by atoms with Crippen molar-refractivity contribution in [2.45, 2.75) is 44.9 Å². The molecule has 0 aliphatic rings. The molecule has 20 heavy (non-hydrogen) atoms. The third kappa shape index (κ3) is 3.46. The first-order chi connectivity index (χ1) is 9.61. The number of benzene rings is 1. The summed E-state index contributed by atoms with van der Waals surface area (Å²) in [5, 5.41) is 24.7. The van der Waals surface area contributed by atoms with Gasteiger partial charge in [-0.05, 0) is 25.0 Å². The standard InChI is InChI=1S/C16H22N2O2/c1-3-12(2)18-10-9-14(17-18)11-15(19)16(20)13-7-5-4-6-8-13/h4-10,12,15-16,19-20H,3,11H2,1-2H3. The molecule has 0 bridgehead atoms. The molecule has 1 aromatic heterocycles. The Hall–Kier alpha value is -1.65. The van der Waals surface area contributed by atoms with Crippen LogP contribution in [-0.2, 0) is 6.42 Å². The van der Waals surface area contributed by atoms with Gasteiger partial charge in [-0.15, -0.1) is 0 Å². The van der Waals surface area contributed by atoms with Gasteiger partial charge in [-0.25, -0.2) is 0 Å². The van der Waals surface area contributed by atoms with Crippen LogP contribution < -0.4 is 0 Å². The van der Waals surface area contributed by atoms with E-state index in [1.165, 1.54) is 0 Å². The van der Waals surface area contributed by atoms with Crippen molar-refractivity contribution in [3.8, 4) is 0 Å². The van der Waals surface area contributed by atoms with Crippen molar-refractivity contribution in [1.29, 1.82) is 0 Å². The maximum Gasteiger partial charge on any atom is 0.105 e.